The Hall–Kier alpha value is -0.570. The first kappa shape index (κ1) is 14.5. The van der Waals surface area contributed by atoms with Crippen molar-refractivity contribution in [1.82, 2.24) is 4.90 Å². The van der Waals surface area contributed by atoms with Crippen LogP contribution in [-0.4, -0.2) is 30.1 Å². The number of nitrogens with zero attached hydrogens (tertiary/aromatic N) is 1. The minimum absolute atomic E-state index is 0.474. The lowest BCUT2D eigenvalue weighted by atomic mass is 10.1. The van der Waals surface area contributed by atoms with E-state index in [1.54, 1.807) is 0 Å². The molecule has 0 bridgehead atoms. The molecule has 2 nitrogen and oxygen atoms in total. The first-order valence-corrected chi connectivity index (χ1v) is 6.49. The molecule has 3 heteroatoms. The first-order chi connectivity index (χ1) is 8.00. The van der Waals surface area contributed by atoms with Crippen molar-refractivity contribution in [1.29, 1.82) is 0 Å². The van der Waals surface area contributed by atoms with Gasteiger partial charge in [-0.3, -0.25) is 0 Å². The molecule has 0 spiro atoms. The molecule has 1 unspecified atom stereocenters. The van der Waals surface area contributed by atoms with Gasteiger partial charge in [0.2, 0.25) is 0 Å². The fraction of sp³-hybridized carbons (Fsp3) is 0.571. The van der Waals surface area contributed by atoms with E-state index in [0.29, 0.717) is 17.4 Å². The zero-order valence-corrected chi connectivity index (χ0v) is 11.6. The topological polar surface area (TPSA) is 23.5 Å². The van der Waals surface area contributed by atoms with E-state index >= 15 is 0 Å². The van der Waals surface area contributed by atoms with E-state index in [1.165, 1.54) is 0 Å². The normalized spacial score (nSPS) is 13.4. The molecule has 1 aromatic rings. The van der Waals surface area contributed by atoms with E-state index in [9.17, 15) is 5.11 Å². The number of benzene rings is 1. The highest BCUT2D eigenvalue weighted by molar-refractivity contribution is 6.31. The quantitative estimate of drug-likeness (QED) is 0.843. The molecule has 0 radical (unpaired) electrons. The summed E-state index contributed by atoms with van der Waals surface area (Å²) >= 11 is 6.05. The van der Waals surface area contributed by atoms with Gasteiger partial charge >= 0.3 is 0 Å². The van der Waals surface area contributed by atoms with Crippen molar-refractivity contribution in [2.75, 3.05) is 20.1 Å². The van der Waals surface area contributed by atoms with Crippen LogP contribution in [0.5, 0.6) is 0 Å². The van der Waals surface area contributed by atoms with Gasteiger partial charge in [-0.2, -0.15) is 0 Å². The van der Waals surface area contributed by atoms with Crippen molar-refractivity contribution in [3.8, 4) is 0 Å². The van der Waals surface area contributed by atoms with Gasteiger partial charge in [0.05, 0.1) is 6.10 Å². The van der Waals surface area contributed by atoms with Gasteiger partial charge in [-0.05, 0) is 31.0 Å². The first-order valence-electron chi connectivity index (χ1n) is 6.11. The highest BCUT2D eigenvalue weighted by Crippen LogP contribution is 2.24. The second-order valence-corrected chi connectivity index (χ2v) is 5.39. The molecule has 0 aliphatic carbocycles. The maximum Gasteiger partial charge on any atom is 0.0816 e. The number of hydrogen-bond acceptors (Lipinski definition) is 2. The van der Waals surface area contributed by atoms with Gasteiger partial charge in [0, 0.05) is 18.1 Å². The Morgan fingerprint density at radius 3 is 2.53 bits per heavy atom. The zero-order valence-electron chi connectivity index (χ0n) is 10.9. The molecule has 0 saturated carbocycles. The third-order valence-electron chi connectivity index (χ3n) is 2.73. The fourth-order valence-electron chi connectivity index (χ4n) is 1.96. The van der Waals surface area contributed by atoms with Gasteiger partial charge in [0.15, 0.2) is 0 Å². The van der Waals surface area contributed by atoms with E-state index in [4.69, 9.17) is 11.6 Å². The lowest BCUT2D eigenvalue weighted by Gasteiger charge is -2.21. The van der Waals surface area contributed by atoms with Crippen molar-refractivity contribution >= 4 is 11.6 Å². The summed E-state index contributed by atoms with van der Waals surface area (Å²) in [5.41, 5.74) is 0.826. The summed E-state index contributed by atoms with van der Waals surface area (Å²) < 4.78 is 0. The summed E-state index contributed by atoms with van der Waals surface area (Å²) in [6.07, 6.45) is 0.241. The minimum Gasteiger partial charge on any atom is -0.388 e. The molecule has 0 aromatic heterocycles. The average molecular weight is 256 g/mol. The number of halogens is 1. The smallest absolute Gasteiger partial charge is 0.0816 e. The average Bonchev–Trinajstić information content (AvgIpc) is 2.25. The molecule has 0 amide bonds. The fourth-order valence-corrected chi connectivity index (χ4v) is 2.22. The highest BCUT2D eigenvalue weighted by atomic mass is 35.5. The predicted molar refractivity (Wildman–Crippen MR) is 73.4 cm³/mol. The second-order valence-electron chi connectivity index (χ2n) is 4.98. The summed E-state index contributed by atoms with van der Waals surface area (Å²) in [5.74, 6) is 0.650. The maximum absolute atomic E-state index is 10.1. The minimum atomic E-state index is -0.474. The summed E-state index contributed by atoms with van der Waals surface area (Å²) in [7, 11) is 2.08. The van der Waals surface area contributed by atoms with Crippen LogP contribution in [0.4, 0.5) is 0 Å². The Bertz CT molecular complexity index is 341. The van der Waals surface area contributed by atoms with Crippen LogP contribution in [-0.2, 0) is 0 Å². The number of aliphatic hydroxyl groups is 1. The molecule has 0 heterocycles. The summed E-state index contributed by atoms with van der Waals surface area (Å²) in [6, 6.07) is 7.49. The SMILES string of the molecule is CC(C)CN(C)CCC(O)c1ccccc1Cl. The third kappa shape index (κ3) is 5.07. The van der Waals surface area contributed by atoms with E-state index in [2.05, 4.69) is 25.8 Å². The Morgan fingerprint density at radius 1 is 1.29 bits per heavy atom. The Kier molecular flexibility index (Phi) is 5.96. The van der Waals surface area contributed by atoms with Crippen molar-refractivity contribution in [2.24, 2.45) is 5.92 Å². The molecular weight excluding hydrogens is 234 g/mol. The van der Waals surface area contributed by atoms with E-state index < -0.39 is 6.10 Å². The van der Waals surface area contributed by atoms with Crippen molar-refractivity contribution in [2.45, 2.75) is 26.4 Å². The molecule has 0 saturated heterocycles. The van der Waals surface area contributed by atoms with E-state index in [0.717, 1.165) is 18.7 Å². The van der Waals surface area contributed by atoms with Gasteiger partial charge in [-0.15, -0.1) is 0 Å². The van der Waals surface area contributed by atoms with Crippen molar-refractivity contribution in [3.63, 3.8) is 0 Å². The largest absolute Gasteiger partial charge is 0.388 e. The zero-order chi connectivity index (χ0) is 12.8. The van der Waals surface area contributed by atoms with Crippen molar-refractivity contribution in [3.05, 3.63) is 34.9 Å². The Balaban J connectivity index is 2.45. The predicted octanol–water partition coefficient (Wildman–Crippen LogP) is 3.35. The van der Waals surface area contributed by atoms with Crippen LogP contribution in [0.3, 0.4) is 0 Å². The lowest BCUT2D eigenvalue weighted by Crippen LogP contribution is -2.25. The van der Waals surface area contributed by atoms with Gasteiger partial charge in [-0.25, -0.2) is 0 Å². The van der Waals surface area contributed by atoms with Crippen LogP contribution in [0, 0.1) is 5.92 Å². The Labute approximate surface area is 109 Å². The van der Waals surface area contributed by atoms with Gasteiger partial charge in [-0.1, -0.05) is 43.6 Å². The number of aliphatic hydroxyl groups excluding tert-OH is 1. The van der Waals surface area contributed by atoms with Gasteiger partial charge < -0.3 is 10.0 Å². The number of rotatable bonds is 6. The van der Waals surface area contributed by atoms with Crippen LogP contribution in [0.15, 0.2) is 24.3 Å². The van der Waals surface area contributed by atoms with Crippen LogP contribution in [0.25, 0.3) is 0 Å². The highest BCUT2D eigenvalue weighted by Gasteiger charge is 2.12. The van der Waals surface area contributed by atoms with E-state index in [-0.39, 0.29) is 0 Å². The van der Waals surface area contributed by atoms with Crippen molar-refractivity contribution < 1.29 is 5.11 Å². The molecule has 1 aromatic carbocycles. The van der Waals surface area contributed by atoms with Crippen LogP contribution in [0.1, 0.15) is 31.9 Å². The standard InChI is InChI=1S/C14H22ClNO/c1-11(2)10-16(3)9-8-14(17)12-6-4-5-7-13(12)15/h4-7,11,14,17H,8-10H2,1-3H3. The van der Waals surface area contributed by atoms with Crippen LogP contribution >= 0.6 is 11.6 Å². The Morgan fingerprint density at radius 2 is 1.94 bits per heavy atom. The summed E-state index contributed by atoms with van der Waals surface area (Å²) in [4.78, 5) is 2.24. The second kappa shape index (κ2) is 7.00. The summed E-state index contributed by atoms with van der Waals surface area (Å²) in [5, 5.41) is 10.7. The maximum atomic E-state index is 10.1. The number of hydrogen-bond donors (Lipinski definition) is 1. The monoisotopic (exact) mass is 255 g/mol. The molecule has 96 valence electrons. The third-order valence-corrected chi connectivity index (χ3v) is 3.07. The molecule has 1 rings (SSSR count). The molecule has 1 atom stereocenters. The molecule has 0 fully saturated rings. The lowest BCUT2D eigenvalue weighted by molar-refractivity contribution is 0.146. The molecule has 1 N–H and O–H groups in total. The molecule has 0 aliphatic heterocycles. The molecule has 17 heavy (non-hydrogen) atoms. The van der Waals surface area contributed by atoms with Crippen LogP contribution < -0.4 is 0 Å². The van der Waals surface area contributed by atoms with Gasteiger partial charge in [0.25, 0.3) is 0 Å². The van der Waals surface area contributed by atoms with Crippen LogP contribution in [0.2, 0.25) is 5.02 Å². The molecule has 0 aliphatic rings. The van der Waals surface area contributed by atoms with Gasteiger partial charge in [0.1, 0.15) is 0 Å². The van der Waals surface area contributed by atoms with E-state index in [1.807, 2.05) is 24.3 Å². The summed E-state index contributed by atoms with van der Waals surface area (Å²) in [6.45, 7) is 6.32. The molecular formula is C14H22ClNO.